The molecule has 1 fully saturated rings. The van der Waals surface area contributed by atoms with Gasteiger partial charge in [0.05, 0.1) is 5.69 Å². The van der Waals surface area contributed by atoms with Gasteiger partial charge < -0.3 is 16.0 Å². The Morgan fingerprint density at radius 2 is 1.93 bits per heavy atom. The summed E-state index contributed by atoms with van der Waals surface area (Å²) in [4.78, 5) is 8.19. The van der Waals surface area contributed by atoms with E-state index >= 15 is 4.39 Å². The van der Waals surface area contributed by atoms with E-state index < -0.39 is 0 Å². The van der Waals surface area contributed by atoms with E-state index in [1.807, 2.05) is 57.4 Å². The van der Waals surface area contributed by atoms with Crippen LogP contribution in [0, 0.1) is 31.5 Å². The number of hydrogen-bond acceptors (Lipinski definition) is 4. The number of nitrogens with zero attached hydrogens (tertiary/aromatic N) is 1. The number of thiophene rings is 1. The van der Waals surface area contributed by atoms with Crippen LogP contribution in [0.15, 0.2) is 78.1 Å². The second-order valence-electron chi connectivity index (χ2n) is 10.1. The first-order chi connectivity index (χ1) is 20.9. The average Bonchev–Trinajstić information content (AvgIpc) is 3.82. The monoisotopic (exact) mass is 598 g/mol. The molecule has 0 aliphatic heterocycles. The lowest BCUT2D eigenvalue weighted by Crippen LogP contribution is -2.23. The number of nitrogens with one attached hydrogen (secondary N) is 2. The zero-order chi connectivity index (χ0) is 31.8. The van der Waals surface area contributed by atoms with Crippen LogP contribution in [-0.2, 0) is 6.42 Å². The Hall–Kier alpha value is -3.92. The largest absolute Gasteiger partial charge is 0.398 e. The Morgan fingerprint density at radius 1 is 1.21 bits per heavy atom. The lowest BCUT2D eigenvalue weighted by Gasteiger charge is -2.14. The summed E-state index contributed by atoms with van der Waals surface area (Å²) < 4.78 is 16.0. The zero-order valence-electron chi connectivity index (χ0n) is 26.2. The third kappa shape index (κ3) is 9.54. The molecule has 1 aromatic carbocycles. The van der Waals surface area contributed by atoms with Gasteiger partial charge in [0, 0.05) is 41.0 Å². The fraction of sp³-hybridized carbons (Fsp3) is 0.324. The number of imidazole rings is 1. The van der Waals surface area contributed by atoms with Gasteiger partial charge in [-0.05, 0) is 84.8 Å². The standard InChI is InChI=1S/C33H39FN4S.C2H6.C2H2/c1-5-10-28(26-15-16-39-21-26)33-22(4)37-31(38-33)18-29-30(35)14-13-27(32(29)34)25(7-3)17-23(6-2)19-36-20-24-11-8-9-12-24;2*1-2/h5-7,10,13-17,21,24,36H,1-2,8-9,11-12,18-20,35H2,3-4H3,(H,37,38);1-2H3;1-2H/b23-17+,25-7+,28-10-;;. The highest BCUT2D eigenvalue weighted by Gasteiger charge is 2.19. The Balaban J connectivity index is 0.00000155. The lowest BCUT2D eigenvalue weighted by atomic mass is 9.97. The van der Waals surface area contributed by atoms with E-state index in [1.54, 1.807) is 29.5 Å². The molecule has 0 bridgehead atoms. The van der Waals surface area contributed by atoms with Gasteiger partial charge in [0.1, 0.15) is 11.6 Å². The normalized spacial score (nSPS) is 14.0. The van der Waals surface area contributed by atoms with E-state index in [0.717, 1.165) is 46.1 Å². The minimum absolute atomic E-state index is 0.259. The van der Waals surface area contributed by atoms with Gasteiger partial charge in [0.25, 0.3) is 0 Å². The number of aromatic amines is 1. The van der Waals surface area contributed by atoms with Crippen molar-refractivity contribution in [1.82, 2.24) is 15.3 Å². The number of anilines is 1. The van der Waals surface area contributed by atoms with E-state index in [4.69, 9.17) is 10.7 Å². The van der Waals surface area contributed by atoms with Crippen LogP contribution in [0.1, 0.15) is 80.4 Å². The minimum Gasteiger partial charge on any atom is -0.398 e. The predicted molar refractivity (Wildman–Crippen MR) is 187 cm³/mol. The summed E-state index contributed by atoms with van der Waals surface area (Å²) in [6, 6.07) is 5.60. The van der Waals surface area contributed by atoms with Crippen LogP contribution in [-0.4, -0.2) is 23.1 Å². The molecule has 0 atom stereocenters. The van der Waals surface area contributed by atoms with Crippen molar-refractivity contribution in [3.05, 3.63) is 118 Å². The third-order valence-electron chi connectivity index (χ3n) is 7.39. The second-order valence-corrected chi connectivity index (χ2v) is 10.9. The maximum atomic E-state index is 16.0. The Morgan fingerprint density at radius 3 is 2.53 bits per heavy atom. The first-order valence-electron chi connectivity index (χ1n) is 15.0. The second kappa shape index (κ2) is 18.6. The number of aryl methyl sites for hydroxylation is 1. The molecule has 6 heteroatoms. The molecule has 0 saturated heterocycles. The van der Waals surface area contributed by atoms with Gasteiger partial charge in [-0.3, -0.25) is 0 Å². The average molecular weight is 599 g/mol. The van der Waals surface area contributed by atoms with Crippen LogP contribution < -0.4 is 11.1 Å². The molecule has 2 heterocycles. The number of H-pyrrole nitrogens is 1. The van der Waals surface area contributed by atoms with E-state index in [9.17, 15) is 0 Å². The summed E-state index contributed by atoms with van der Waals surface area (Å²) in [7, 11) is 0. The van der Waals surface area contributed by atoms with E-state index in [2.05, 4.69) is 47.8 Å². The fourth-order valence-corrected chi connectivity index (χ4v) is 5.91. The van der Waals surface area contributed by atoms with Gasteiger partial charge >= 0.3 is 0 Å². The van der Waals surface area contributed by atoms with Crippen molar-refractivity contribution >= 4 is 28.2 Å². The highest BCUT2D eigenvalue weighted by atomic mass is 32.1. The van der Waals surface area contributed by atoms with Gasteiger partial charge in [-0.2, -0.15) is 11.3 Å². The molecule has 4 rings (SSSR count). The van der Waals surface area contributed by atoms with Crippen molar-refractivity contribution in [2.45, 2.75) is 59.8 Å². The number of halogens is 1. The summed E-state index contributed by atoms with van der Waals surface area (Å²) >= 11 is 1.63. The van der Waals surface area contributed by atoms with Gasteiger partial charge in [0.2, 0.25) is 0 Å². The smallest absolute Gasteiger partial charge is 0.136 e. The number of aromatic nitrogens is 2. The molecule has 228 valence electrons. The lowest BCUT2D eigenvalue weighted by molar-refractivity contribution is 0.503. The van der Waals surface area contributed by atoms with Crippen LogP contribution in [0.4, 0.5) is 10.1 Å². The number of hydrogen-bond donors (Lipinski definition) is 3. The molecule has 1 saturated carbocycles. The van der Waals surface area contributed by atoms with Crippen LogP contribution in [0.2, 0.25) is 0 Å². The number of rotatable bonds is 12. The molecule has 3 aromatic rings. The molecule has 1 aliphatic rings. The topological polar surface area (TPSA) is 66.7 Å². The van der Waals surface area contributed by atoms with Crippen molar-refractivity contribution in [2.75, 3.05) is 18.8 Å². The quantitative estimate of drug-likeness (QED) is 0.111. The van der Waals surface area contributed by atoms with Gasteiger partial charge in [-0.1, -0.05) is 70.2 Å². The first kappa shape index (κ1) is 35.3. The molecule has 1 aliphatic carbocycles. The molecule has 43 heavy (non-hydrogen) atoms. The Kier molecular flexibility index (Phi) is 15.2. The molecule has 4 nitrogen and oxygen atoms in total. The first-order valence-corrected chi connectivity index (χ1v) is 15.9. The van der Waals surface area contributed by atoms with E-state index in [0.29, 0.717) is 29.2 Å². The van der Waals surface area contributed by atoms with E-state index in [-0.39, 0.29) is 12.2 Å². The predicted octanol–water partition coefficient (Wildman–Crippen LogP) is 9.28. The molecular formula is C37H47FN4S. The molecule has 0 unspecified atom stereocenters. The molecule has 4 N–H and O–H groups in total. The number of allylic oxidation sites excluding steroid dienone is 5. The Bertz CT molecular complexity index is 1430. The van der Waals surface area contributed by atoms with Gasteiger partial charge in [-0.15, -0.1) is 12.8 Å². The van der Waals surface area contributed by atoms with Crippen molar-refractivity contribution < 1.29 is 4.39 Å². The fourth-order valence-electron chi connectivity index (χ4n) is 5.26. The van der Waals surface area contributed by atoms with Gasteiger partial charge in [0.15, 0.2) is 0 Å². The van der Waals surface area contributed by atoms with Gasteiger partial charge in [-0.25, -0.2) is 9.37 Å². The number of nitrogens with two attached hydrogens (primary N) is 1. The van der Waals surface area contributed by atoms with Crippen molar-refractivity contribution in [1.29, 1.82) is 0 Å². The molecule has 0 amide bonds. The number of benzene rings is 1. The summed E-state index contributed by atoms with van der Waals surface area (Å²) in [5.74, 6) is 1.10. The number of terminal acetylenes is 1. The number of nitrogen functional groups attached to an aromatic ring is 1. The zero-order valence-corrected chi connectivity index (χ0v) is 27.0. The summed E-state index contributed by atoms with van der Waals surface area (Å²) in [5, 5.41) is 7.68. The maximum absolute atomic E-state index is 16.0. The SMILES string of the molecule is C#C.C=C/C=C(/c1ccsc1)c1nc(Cc2c(N)ccc(C(/C=C(\C=C)CNCC3CCCC3)=C/C)c2F)[nH]c1C.CC. The highest BCUT2D eigenvalue weighted by molar-refractivity contribution is 7.08. The summed E-state index contributed by atoms with van der Waals surface area (Å²) in [6.07, 6.45) is 23.0. The summed E-state index contributed by atoms with van der Waals surface area (Å²) in [5.41, 5.74) is 13.3. The van der Waals surface area contributed by atoms with Crippen molar-refractivity contribution in [2.24, 2.45) is 5.92 Å². The molecule has 0 radical (unpaired) electrons. The molecule has 2 aromatic heterocycles. The molecular weight excluding hydrogens is 552 g/mol. The minimum atomic E-state index is -0.322. The third-order valence-corrected chi connectivity index (χ3v) is 8.07. The van der Waals surface area contributed by atoms with Crippen molar-refractivity contribution in [3.63, 3.8) is 0 Å². The van der Waals surface area contributed by atoms with E-state index in [1.165, 1.54) is 25.7 Å². The maximum Gasteiger partial charge on any atom is 0.136 e. The van der Waals surface area contributed by atoms with Crippen LogP contribution in [0.5, 0.6) is 0 Å². The van der Waals surface area contributed by atoms with Crippen LogP contribution in [0.25, 0.3) is 11.1 Å². The van der Waals surface area contributed by atoms with Crippen molar-refractivity contribution in [3.8, 4) is 12.8 Å². The highest BCUT2D eigenvalue weighted by Crippen LogP contribution is 2.31. The summed E-state index contributed by atoms with van der Waals surface area (Å²) in [6.45, 7) is 17.5. The molecule has 0 spiro atoms. The van der Waals surface area contributed by atoms with Crippen LogP contribution >= 0.6 is 11.3 Å². The van der Waals surface area contributed by atoms with Crippen LogP contribution in [0.3, 0.4) is 0 Å². The Labute approximate surface area is 262 Å².